The van der Waals surface area contributed by atoms with Crippen LogP contribution in [-0.4, -0.2) is 29.8 Å². The van der Waals surface area contributed by atoms with Crippen molar-refractivity contribution in [2.75, 3.05) is 19.5 Å². The zero-order valence-electron chi connectivity index (χ0n) is 10.4. The van der Waals surface area contributed by atoms with Crippen LogP contribution >= 0.6 is 11.8 Å². The molecule has 0 saturated heterocycles. The van der Waals surface area contributed by atoms with E-state index in [2.05, 4.69) is 6.92 Å². The number of hydrogen-bond donors (Lipinski definition) is 2. The molecule has 1 rings (SSSR count). The van der Waals surface area contributed by atoms with Gasteiger partial charge in [0, 0.05) is 23.7 Å². The van der Waals surface area contributed by atoms with Crippen LogP contribution in [0.3, 0.4) is 0 Å². The Bertz CT molecular complexity index is 316. The highest BCUT2D eigenvalue weighted by Gasteiger charge is 2.09. The summed E-state index contributed by atoms with van der Waals surface area (Å²) in [6.45, 7) is 2.35. The van der Waals surface area contributed by atoms with Gasteiger partial charge in [0.1, 0.15) is 5.75 Å². The van der Waals surface area contributed by atoms with Crippen molar-refractivity contribution >= 4 is 11.8 Å². The van der Waals surface area contributed by atoms with Gasteiger partial charge < -0.3 is 15.6 Å². The molecule has 4 heteroatoms. The zero-order chi connectivity index (χ0) is 12.7. The highest BCUT2D eigenvalue weighted by atomic mass is 32.2. The predicted octanol–water partition coefficient (Wildman–Crippen LogP) is 2.20. The van der Waals surface area contributed by atoms with Gasteiger partial charge in [0.25, 0.3) is 0 Å². The van der Waals surface area contributed by atoms with Gasteiger partial charge in [0.2, 0.25) is 0 Å². The molecule has 0 saturated carbocycles. The van der Waals surface area contributed by atoms with Crippen molar-refractivity contribution in [2.45, 2.75) is 24.6 Å². The molecule has 0 spiro atoms. The molecule has 3 N–H and O–H groups in total. The number of nitrogens with two attached hydrogens (primary N) is 1. The lowest BCUT2D eigenvalue weighted by atomic mass is 10.1. The second kappa shape index (κ2) is 7.58. The Hall–Kier alpha value is -0.710. The summed E-state index contributed by atoms with van der Waals surface area (Å²) < 4.78 is 5.11. The third-order valence-electron chi connectivity index (χ3n) is 2.64. The number of hydrogen-bond acceptors (Lipinski definition) is 4. The molecule has 1 aromatic rings. The molecule has 0 radical (unpaired) electrons. The van der Waals surface area contributed by atoms with Crippen LogP contribution in [0.1, 0.15) is 24.9 Å². The molecule has 0 bridgehead atoms. The lowest BCUT2D eigenvalue weighted by Crippen LogP contribution is -2.15. The van der Waals surface area contributed by atoms with E-state index in [1.165, 1.54) is 0 Å². The van der Waals surface area contributed by atoms with E-state index in [1.807, 2.05) is 24.3 Å². The van der Waals surface area contributed by atoms with Crippen LogP contribution < -0.4 is 10.5 Å². The molecule has 0 heterocycles. The Balaban J connectivity index is 2.43. The monoisotopic (exact) mass is 255 g/mol. The van der Waals surface area contributed by atoms with E-state index < -0.39 is 0 Å². The second-order valence-electron chi connectivity index (χ2n) is 4.04. The number of methoxy groups -OCH3 is 1. The summed E-state index contributed by atoms with van der Waals surface area (Å²) in [4.78, 5) is 0. The van der Waals surface area contributed by atoms with Gasteiger partial charge in [-0.25, -0.2) is 0 Å². The second-order valence-corrected chi connectivity index (χ2v) is 5.51. The first-order chi connectivity index (χ1) is 8.17. The smallest absolute Gasteiger partial charge is 0.118 e. The maximum atomic E-state index is 8.82. The van der Waals surface area contributed by atoms with Crippen molar-refractivity contribution in [1.82, 2.24) is 0 Å². The van der Waals surface area contributed by atoms with E-state index in [-0.39, 0.29) is 12.6 Å². The van der Waals surface area contributed by atoms with Crippen LogP contribution in [0.2, 0.25) is 0 Å². The molecule has 17 heavy (non-hydrogen) atoms. The Morgan fingerprint density at radius 1 is 1.35 bits per heavy atom. The van der Waals surface area contributed by atoms with Crippen LogP contribution in [0.25, 0.3) is 0 Å². The lowest BCUT2D eigenvalue weighted by Gasteiger charge is -2.15. The first-order valence-electron chi connectivity index (χ1n) is 5.79. The average molecular weight is 255 g/mol. The molecule has 0 aliphatic carbocycles. The molecular weight excluding hydrogens is 234 g/mol. The van der Waals surface area contributed by atoms with Gasteiger partial charge in [-0.3, -0.25) is 0 Å². The Morgan fingerprint density at radius 3 is 2.53 bits per heavy atom. The number of aliphatic hydroxyl groups excluding tert-OH is 1. The maximum absolute atomic E-state index is 8.82. The highest BCUT2D eigenvalue weighted by Crippen LogP contribution is 2.22. The van der Waals surface area contributed by atoms with E-state index in [0.29, 0.717) is 5.25 Å². The SMILES string of the molecule is COc1ccc(C(N)CSC(C)CCO)cc1. The summed E-state index contributed by atoms with van der Waals surface area (Å²) in [6.07, 6.45) is 0.819. The van der Waals surface area contributed by atoms with Crippen molar-refractivity contribution in [3.8, 4) is 5.75 Å². The van der Waals surface area contributed by atoms with Gasteiger partial charge in [0.15, 0.2) is 0 Å². The fourth-order valence-electron chi connectivity index (χ4n) is 1.48. The van der Waals surface area contributed by atoms with Crippen molar-refractivity contribution < 1.29 is 9.84 Å². The van der Waals surface area contributed by atoms with Gasteiger partial charge >= 0.3 is 0 Å². The molecule has 2 unspecified atom stereocenters. The average Bonchev–Trinajstić information content (AvgIpc) is 2.36. The fourth-order valence-corrected chi connectivity index (χ4v) is 2.48. The van der Waals surface area contributed by atoms with Crippen LogP contribution in [0.15, 0.2) is 24.3 Å². The number of rotatable bonds is 7. The lowest BCUT2D eigenvalue weighted by molar-refractivity contribution is 0.289. The number of benzene rings is 1. The number of aliphatic hydroxyl groups is 1. The van der Waals surface area contributed by atoms with Gasteiger partial charge in [0.05, 0.1) is 7.11 Å². The van der Waals surface area contributed by atoms with Crippen LogP contribution in [-0.2, 0) is 0 Å². The van der Waals surface area contributed by atoms with Crippen LogP contribution in [0, 0.1) is 0 Å². The van der Waals surface area contributed by atoms with Crippen molar-refractivity contribution in [2.24, 2.45) is 5.73 Å². The van der Waals surface area contributed by atoms with Gasteiger partial charge in [-0.2, -0.15) is 11.8 Å². The minimum atomic E-state index is 0.0343. The van der Waals surface area contributed by atoms with Crippen LogP contribution in [0.5, 0.6) is 5.75 Å². The maximum Gasteiger partial charge on any atom is 0.118 e. The van der Waals surface area contributed by atoms with Gasteiger partial charge in [-0.15, -0.1) is 0 Å². The molecule has 0 aliphatic rings. The molecule has 0 amide bonds. The molecule has 0 aromatic heterocycles. The molecule has 3 nitrogen and oxygen atoms in total. The van der Waals surface area contributed by atoms with Crippen molar-refractivity contribution in [1.29, 1.82) is 0 Å². The quantitative estimate of drug-likeness (QED) is 0.784. The first-order valence-corrected chi connectivity index (χ1v) is 6.84. The number of ether oxygens (including phenoxy) is 1. The topological polar surface area (TPSA) is 55.5 Å². The summed E-state index contributed by atoms with van der Waals surface area (Å²) in [5.41, 5.74) is 7.23. The van der Waals surface area contributed by atoms with Crippen molar-refractivity contribution in [3.05, 3.63) is 29.8 Å². The standard InChI is InChI=1S/C13H21NO2S/c1-10(7-8-15)17-9-13(14)11-3-5-12(16-2)6-4-11/h3-6,10,13,15H,7-9,14H2,1-2H3. The van der Waals surface area contributed by atoms with Gasteiger partial charge in [-0.05, 0) is 24.1 Å². The normalized spacial score (nSPS) is 14.4. The van der Waals surface area contributed by atoms with E-state index in [4.69, 9.17) is 15.6 Å². The van der Waals surface area contributed by atoms with E-state index in [0.717, 1.165) is 23.5 Å². The zero-order valence-corrected chi connectivity index (χ0v) is 11.2. The summed E-state index contributed by atoms with van der Waals surface area (Å²) in [6, 6.07) is 7.89. The highest BCUT2D eigenvalue weighted by molar-refractivity contribution is 7.99. The first kappa shape index (κ1) is 14.4. The predicted molar refractivity (Wildman–Crippen MR) is 73.5 cm³/mol. The summed E-state index contributed by atoms with van der Waals surface area (Å²) >= 11 is 1.80. The number of thioether (sulfide) groups is 1. The molecule has 2 atom stereocenters. The molecule has 0 fully saturated rings. The van der Waals surface area contributed by atoms with Crippen molar-refractivity contribution in [3.63, 3.8) is 0 Å². The van der Waals surface area contributed by atoms with E-state index in [1.54, 1.807) is 18.9 Å². The van der Waals surface area contributed by atoms with E-state index >= 15 is 0 Å². The minimum absolute atomic E-state index is 0.0343. The summed E-state index contributed by atoms with van der Waals surface area (Å²) in [7, 11) is 1.65. The minimum Gasteiger partial charge on any atom is -0.497 e. The largest absolute Gasteiger partial charge is 0.497 e. The Kier molecular flexibility index (Phi) is 6.40. The Morgan fingerprint density at radius 2 is 2.00 bits per heavy atom. The third-order valence-corrected chi connectivity index (χ3v) is 4.00. The van der Waals surface area contributed by atoms with Crippen LogP contribution in [0.4, 0.5) is 0 Å². The molecule has 0 aliphatic heterocycles. The summed E-state index contributed by atoms with van der Waals surface area (Å²) in [5, 5.41) is 9.27. The molecular formula is C13H21NO2S. The fraction of sp³-hybridized carbons (Fsp3) is 0.538. The summed E-state index contributed by atoms with van der Waals surface area (Å²) in [5.74, 6) is 1.72. The third kappa shape index (κ3) is 4.98. The van der Waals surface area contributed by atoms with Gasteiger partial charge in [-0.1, -0.05) is 19.1 Å². The van der Waals surface area contributed by atoms with E-state index in [9.17, 15) is 0 Å². The molecule has 1 aromatic carbocycles. The molecule has 96 valence electrons. The Labute approximate surface area is 107 Å².